The van der Waals surface area contributed by atoms with Gasteiger partial charge in [-0.25, -0.2) is 0 Å². The maximum absolute atomic E-state index is 12.2. The van der Waals surface area contributed by atoms with E-state index in [2.05, 4.69) is 19.2 Å². The van der Waals surface area contributed by atoms with Crippen molar-refractivity contribution in [1.82, 2.24) is 5.32 Å². The molecular weight excluding hydrogens is 228 g/mol. The second-order valence-corrected chi connectivity index (χ2v) is 6.21. The fraction of sp³-hybridized carbons (Fsp3) is 0.929. The first-order chi connectivity index (χ1) is 8.52. The second-order valence-electron chi connectivity index (χ2n) is 6.21. The minimum atomic E-state index is -0.167. The van der Waals surface area contributed by atoms with Gasteiger partial charge in [-0.3, -0.25) is 4.79 Å². The Bertz CT molecular complexity index is 300. The second kappa shape index (κ2) is 5.57. The predicted octanol–water partition coefficient (Wildman–Crippen LogP) is 1.44. The molecule has 0 aromatic heterocycles. The van der Waals surface area contributed by atoms with Crippen molar-refractivity contribution >= 4 is 5.91 Å². The lowest BCUT2D eigenvalue weighted by Gasteiger charge is -2.33. The lowest BCUT2D eigenvalue weighted by atomic mass is 9.78. The Morgan fingerprint density at radius 3 is 2.89 bits per heavy atom. The molecule has 104 valence electrons. The maximum atomic E-state index is 12.2. The number of nitrogens with two attached hydrogens (primary N) is 1. The van der Waals surface area contributed by atoms with Crippen LogP contribution in [0.2, 0.25) is 0 Å². The number of carbonyl (C=O) groups is 1. The van der Waals surface area contributed by atoms with Crippen LogP contribution in [0.15, 0.2) is 0 Å². The Hall–Kier alpha value is -0.610. The van der Waals surface area contributed by atoms with Crippen molar-refractivity contribution in [1.29, 1.82) is 0 Å². The molecule has 2 fully saturated rings. The van der Waals surface area contributed by atoms with Crippen molar-refractivity contribution in [2.24, 2.45) is 17.6 Å². The highest BCUT2D eigenvalue weighted by Crippen LogP contribution is 2.28. The summed E-state index contributed by atoms with van der Waals surface area (Å²) in [4.78, 5) is 12.2. The Morgan fingerprint density at radius 2 is 2.22 bits per heavy atom. The van der Waals surface area contributed by atoms with Gasteiger partial charge < -0.3 is 15.8 Å². The molecule has 1 heterocycles. The molecule has 1 aliphatic carbocycles. The van der Waals surface area contributed by atoms with Crippen LogP contribution < -0.4 is 11.1 Å². The average Bonchev–Trinajstić information content (AvgIpc) is 2.77. The van der Waals surface area contributed by atoms with E-state index in [0.717, 1.165) is 38.7 Å². The first-order valence-corrected chi connectivity index (χ1v) is 7.19. The molecule has 4 unspecified atom stereocenters. The van der Waals surface area contributed by atoms with Crippen LogP contribution in [-0.2, 0) is 9.53 Å². The molecule has 0 aromatic carbocycles. The van der Waals surface area contributed by atoms with Gasteiger partial charge >= 0.3 is 0 Å². The van der Waals surface area contributed by atoms with Crippen LogP contribution >= 0.6 is 0 Å². The molecule has 1 aliphatic heterocycles. The standard InChI is InChI=1S/C14H26N2O2/c1-10-5-3-6-11(12(10)15)13(17)16-9-14(2)7-4-8-18-14/h10-12H,3-9,15H2,1-2H3,(H,16,17). The van der Waals surface area contributed by atoms with E-state index in [1.807, 2.05) is 0 Å². The van der Waals surface area contributed by atoms with Crippen molar-refractivity contribution in [3.63, 3.8) is 0 Å². The zero-order chi connectivity index (χ0) is 13.2. The fourth-order valence-corrected chi connectivity index (χ4v) is 3.13. The van der Waals surface area contributed by atoms with E-state index in [-0.39, 0.29) is 23.5 Å². The summed E-state index contributed by atoms with van der Waals surface area (Å²) in [7, 11) is 0. The van der Waals surface area contributed by atoms with Crippen LogP contribution in [0.4, 0.5) is 0 Å². The van der Waals surface area contributed by atoms with Gasteiger partial charge in [0.05, 0.1) is 11.5 Å². The van der Waals surface area contributed by atoms with Crippen LogP contribution in [-0.4, -0.2) is 30.7 Å². The molecule has 1 amide bonds. The highest BCUT2D eigenvalue weighted by Gasteiger charge is 2.35. The van der Waals surface area contributed by atoms with Gasteiger partial charge in [0.1, 0.15) is 0 Å². The Kier molecular flexibility index (Phi) is 4.28. The monoisotopic (exact) mass is 254 g/mol. The van der Waals surface area contributed by atoms with Gasteiger partial charge in [-0.2, -0.15) is 0 Å². The summed E-state index contributed by atoms with van der Waals surface area (Å²) in [5.74, 6) is 0.553. The molecule has 18 heavy (non-hydrogen) atoms. The van der Waals surface area contributed by atoms with Gasteiger partial charge in [0.25, 0.3) is 0 Å². The number of hydrogen-bond acceptors (Lipinski definition) is 3. The summed E-state index contributed by atoms with van der Waals surface area (Å²) in [5.41, 5.74) is 5.98. The Labute approximate surface area is 110 Å². The summed E-state index contributed by atoms with van der Waals surface area (Å²) in [5, 5.41) is 3.04. The molecule has 0 radical (unpaired) electrons. The largest absolute Gasteiger partial charge is 0.373 e. The topological polar surface area (TPSA) is 64.3 Å². The fourth-order valence-electron chi connectivity index (χ4n) is 3.13. The van der Waals surface area contributed by atoms with Crippen molar-refractivity contribution < 1.29 is 9.53 Å². The van der Waals surface area contributed by atoms with Crippen LogP contribution in [0, 0.1) is 11.8 Å². The summed E-state index contributed by atoms with van der Waals surface area (Å²) in [6, 6.07) is 0.0102. The highest BCUT2D eigenvalue weighted by atomic mass is 16.5. The smallest absolute Gasteiger partial charge is 0.224 e. The predicted molar refractivity (Wildman–Crippen MR) is 71.1 cm³/mol. The van der Waals surface area contributed by atoms with Gasteiger partial charge in [0.2, 0.25) is 5.91 Å². The first kappa shape index (κ1) is 13.8. The Balaban J connectivity index is 1.83. The molecule has 0 spiro atoms. The third-order valence-corrected chi connectivity index (χ3v) is 4.57. The summed E-state index contributed by atoms with van der Waals surface area (Å²) >= 11 is 0. The third kappa shape index (κ3) is 3.04. The van der Waals surface area contributed by atoms with Crippen molar-refractivity contribution in [2.75, 3.05) is 13.2 Å². The maximum Gasteiger partial charge on any atom is 0.224 e. The first-order valence-electron chi connectivity index (χ1n) is 7.19. The molecule has 3 N–H and O–H groups in total. The molecule has 4 nitrogen and oxygen atoms in total. The molecule has 1 saturated carbocycles. The number of ether oxygens (including phenoxy) is 1. The lowest BCUT2D eigenvalue weighted by molar-refractivity contribution is -0.128. The van der Waals surface area contributed by atoms with E-state index in [4.69, 9.17) is 10.5 Å². The summed E-state index contributed by atoms with van der Waals surface area (Å²) < 4.78 is 5.68. The molecular formula is C14H26N2O2. The van der Waals surface area contributed by atoms with Crippen molar-refractivity contribution in [2.45, 2.75) is 57.6 Å². The van der Waals surface area contributed by atoms with E-state index < -0.39 is 0 Å². The number of hydrogen-bond donors (Lipinski definition) is 2. The van der Waals surface area contributed by atoms with Crippen molar-refractivity contribution in [3.8, 4) is 0 Å². The summed E-state index contributed by atoms with van der Waals surface area (Å²) in [6.45, 7) is 5.64. The number of carbonyl (C=O) groups excluding carboxylic acids is 1. The summed E-state index contributed by atoms with van der Waals surface area (Å²) in [6.07, 6.45) is 5.30. The van der Waals surface area contributed by atoms with Crippen LogP contribution in [0.1, 0.15) is 46.0 Å². The van der Waals surface area contributed by atoms with Crippen LogP contribution in [0.5, 0.6) is 0 Å². The minimum Gasteiger partial charge on any atom is -0.373 e. The van der Waals surface area contributed by atoms with Gasteiger partial charge in [0, 0.05) is 19.2 Å². The lowest BCUT2D eigenvalue weighted by Crippen LogP contribution is -2.50. The van der Waals surface area contributed by atoms with Gasteiger partial charge in [-0.05, 0) is 38.5 Å². The average molecular weight is 254 g/mol. The van der Waals surface area contributed by atoms with E-state index in [1.54, 1.807) is 0 Å². The zero-order valence-electron chi connectivity index (χ0n) is 11.6. The quantitative estimate of drug-likeness (QED) is 0.801. The van der Waals surface area contributed by atoms with E-state index in [0.29, 0.717) is 12.5 Å². The van der Waals surface area contributed by atoms with Gasteiger partial charge in [-0.1, -0.05) is 13.3 Å². The molecule has 4 heteroatoms. The van der Waals surface area contributed by atoms with Gasteiger partial charge in [-0.15, -0.1) is 0 Å². The number of nitrogens with one attached hydrogen (secondary N) is 1. The molecule has 2 rings (SSSR count). The third-order valence-electron chi connectivity index (χ3n) is 4.57. The molecule has 1 saturated heterocycles. The van der Waals surface area contributed by atoms with E-state index in [1.165, 1.54) is 0 Å². The van der Waals surface area contributed by atoms with Gasteiger partial charge in [0.15, 0.2) is 0 Å². The number of amides is 1. The number of rotatable bonds is 3. The zero-order valence-corrected chi connectivity index (χ0v) is 11.6. The van der Waals surface area contributed by atoms with Crippen molar-refractivity contribution in [3.05, 3.63) is 0 Å². The minimum absolute atomic E-state index is 0.0102. The Morgan fingerprint density at radius 1 is 1.44 bits per heavy atom. The molecule has 0 aromatic rings. The van der Waals surface area contributed by atoms with E-state index >= 15 is 0 Å². The molecule has 4 atom stereocenters. The highest BCUT2D eigenvalue weighted by molar-refractivity contribution is 5.79. The van der Waals surface area contributed by atoms with E-state index in [9.17, 15) is 4.79 Å². The molecule has 2 aliphatic rings. The van der Waals surface area contributed by atoms with Crippen LogP contribution in [0.25, 0.3) is 0 Å². The molecule has 0 bridgehead atoms. The normalized spacial score (nSPS) is 40.7. The SMILES string of the molecule is CC1CCCC(C(=O)NCC2(C)CCCO2)C1N. The van der Waals surface area contributed by atoms with Crippen LogP contribution in [0.3, 0.4) is 0 Å².